The molecule has 0 aliphatic rings. The fraction of sp³-hybridized carbons (Fsp3) is 0.176. The van der Waals surface area contributed by atoms with Crippen molar-refractivity contribution in [1.82, 2.24) is 10.9 Å². The first-order chi connectivity index (χ1) is 12.9. The predicted octanol–water partition coefficient (Wildman–Crippen LogP) is 1.52. The van der Waals surface area contributed by atoms with Crippen LogP contribution >= 0.6 is 0 Å². The molecule has 2 aromatic rings. The summed E-state index contributed by atoms with van der Waals surface area (Å²) in [7, 11) is 3.13. The first kappa shape index (κ1) is 19.5. The number of nitro groups is 1. The summed E-state index contributed by atoms with van der Waals surface area (Å²) in [4.78, 5) is 34.4. The number of nitrogens with zero attached hydrogens (tertiary/aromatic N) is 1. The lowest BCUT2D eigenvalue weighted by molar-refractivity contribution is -0.384. The van der Waals surface area contributed by atoms with E-state index in [2.05, 4.69) is 21.5 Å². The van der Waals surface area contributed by atoms with E-state index in [1.807, 2.05) is 0 Å². The molecular weight excluding hydrogens is 354 g/mol. The fourth-order valence-electron chi connectivity index (χ4n) is 2.18. The van der Waals surface area contributed by atoms with Crippen LogP contribution in [0.25, 0.3) is 0 Å². The van der Waals surface area contributed by atoms with Crippen LogP contribution in [0.1, 0.15) is 10.4 Å². The van der Waals surface area contributed by atoms with Gasteiger partial charge in [-0.15, -0.1) is 0 Å². The van der Waals surface area contributed by atoms with Crippen LogP contribution in [0.15, 0.2) is 42.5 Å². The molecule has 10 nitrogen and oxygen atoms in total. The quantitative estimate of drug-likeness (QED) is 0.427. The van der Waals surface area contributed by atoms with E-state index in [4.69, 9.17) is 4.74 Å². The number of amides is 2. The van der Waals surface area contributed by atoms with Gasteiger partial charge in [-0.2, -0.15) is 0 Å². The summed E-state index contributed by atoms with van der Waals surface area (Å²) < 4.78 is 5.04. The van der Waals surface area contributed by atoms with Gasteiger partial charge in [-0.3, -0.25) is 30.6 Å². The van der Waals surface area contributed by atoms with Crippen LogP contribution < -0.4 is 26.2 Å². The molecule has 0 bridgehead atoms. The molecule has 2 amide bonds. The van der Waals surface area contributed by atoms with E-state index in [-0.39, 0.29) is 17.8 Å². The number of nitrogens with one attached hydrogen (secondary N) is 4. The molecule has 0 atom stereocenters. The number of ether oxygens (including phenoxy) is 1. The second kappa shape index (κ2) is 9.04. The summed E-state index contributed by atoms with van der Waals surface area (Å²) in [6, 6.07) is 10.8. The third-order valence-corrected chi connectivity index (χ3v) is 3.59. The number of carbonyl (C=O) groups is 2. The number of hydrogen-bond donors (Lipinski definition) is 4. The Balaban J connectivity index is 1.91. The van der Waals surface area contributed by atoms with E-state index in [1.165, 1.54) is 12.1 Å². The average molecular weight is 373 g/mol. The molecule has 0 aliphatic carbocycles. The lowest BCUT2D eigenvalue weighted by Gasteiger charge is -2.11. The normalized spacial score (nSPS) is 9.85. The average Bonchev–Trinajstić information content (AvgIpc) is 2.70. The van der Waals surface area contributed by atoms with Crippen molar-refractivity contribution in [1.29, 1.82) is 0 Å². The van der Waals surface area contributed by atoms with Crippen molar-refractivity contribution in [2.45, 2.75) is 0 Å². The highest BCUT2D eigenvalue weighted by molar-refractivity contribution is 6.01. The molecule has 0 unspecified atom stereocenters. The molecular formula is C17H19N5O5. The van der Waals surface area contributed by atoms with Crippen LogP contribution in [-0.2, 0) is 4.79 Å². The number of benzene rings is 2. The molecule has 0 heterocycles. The van der Waals surface area contributed by atoms with Crippen LogP contribution in [0.2, 0.25) is 0 Å². The summed E-state index contributed by atoms with van der Waals surface area (Å²) in [5.41, 5.74) is 5.39. The monoisotopic (exact) mass is 373 g/mol. The van der Waals surface area contributed by atoms with Crippen molar-refractivity contribution >= 4 is 28.9 Å². The Labute approximate surface area is 155 Å². The van der Waals surface area contributed by atoms with E-state index in [1.54, 1.807) is 38.4 Å². The Hall–Kier alpha value is -3.82. The molecule has 0 spiro atoms. The minimum Gasteiger partial charge on any atom is -0.497 e. The van der Waals surface area contributed by atoms with Gasteiger partial charge < -0.3 is 15.4 Å². The van der Waals surface area contributed by atoms with E-state index in [0.29, 0.717) is 17.1 Å². The summed E-state index contributed by atoms with van der Waals surface area (Å²) in [6.45, 7) is -0.0829. The van der Waals surface area contributed by atoms with Crippen molar-refractivity contribution in [3.8, 4) is 5.75 Å². The fourth-order valence-corrected chi connectivity index (χ4v) is 2.18. The number of rotatable bonds is 7. The zero-order valence-corrected chi connectivity index (χ0v) is 14.7. The van der Waals surface area contributed by atoms with Gasteiger partial charge in [0, 0.05) is 30.6 Å². The van der Waals surface area contributed by atoms with Crippen LogP contribution in [0.4, 0.5) is 17.1 Å². The SMILES string of the molecule is CNc1ccc([N+](=O)[O-])cc1C(=O)NNC(=O)CNc1ccc(OC)cc1. The molecule has 0 aromatic heterocycles. The number of non-ortho nitro benzene ring substituents is 1. The van der Waals surface area contributed by atoms with Crippen molar-refractivity contribution in [3.05, 3.63) is 58.1 Å². The highest BCUT2D eigenvalue weighted by Gasteiger charge is 2.16. The van der Waals surface area contributed by atoms with E-state index in [0.717, 1.165) is 6.07 Å². The minimum atomic E-state index is -0.680. The Morgan fingerprint density at radius 2 is 1.81 bits per heavy atom. The largest absolute Gasteiger partial charge is 0.497 e. The molecule has 0 saturated carbocycles. The zero-order valence-electron chi connectivity index (χ0n) is 14.7. The number of nitro benzene ring substituents is 1. The number of carbonyl (C=O) groups excluding carboxylic acids is 2. The molecule has 2 rings (SSSR count). The van der Waals surface area contributed by atoms with E-state index < -0.39 is 16.7 Å². The molecule has 0 saturated heterocycles. The van der Waals surface area contributed by atoms with Crippen molar-refractivity contribution in [3.63, 3.8) is 0 Å². The van der Waals surface area contributed by atoms with Crippen molar-refractivity contribution in [2.75, 3.05) is 31.3 Å². The first-order valence-corrected chi connectivity index (χ1v) is 7.88. The molecule has 4 N–H and O–H groups in total. The minimum absolute atomic E-state index is 0.0371. The highest BCUT2D eigenvalue weighted by Crippen LogP contribution is 2.21. The van der Waals surface area contributed by atoms with Gasteiger partial charge in [-0.25, -0.2) is 0 Å². The van der Waals surface area contributed by atoms with Gasteiger partial charge in [0.15, 0.2) is 0 Å². The van der Waals surface area contributed by atoms with Crippen molar-refractivity contribution in [2.24, 2.45) is 0 Å². The number of anilines is 2. The van der Waals surface area contributed by atoms with Gasteiger partial charge in [0.2, 0.25) is 0 Å². The first-order valence-electron chi connectivity index (χ1n) is 7.88. The van der Waals surface area contributed by atoms with Crippen LogP contribution in [-0.4, -0.2) is 37.4 Å². The predicted molar refractivity (Wildman–Crippen MR) is 99.7 cm³/mol. The lowest BCUT2D eigenvalue weighted by atomic mass is 10.1. The standard InChI is InChI=1S/C17H19N5O5/c1-18-15-8-5-12(22(25)26)9-14(15)17(24)21-20-16(23)10-19-11-3-6-13(27-2)7-4-11/h3-9,18-19H,10H2,1-2H3,(H,20,23)(H,21,24). The van der Waals surface area contributed by atoms with Gasteiger partial charge in [0.25, 0.3) is 17.5 Å². The highest BCUT2D eigenvalue weighted by atomic mass is 16.6. The summed E-state index contributed by atoms with van der Waals surface area (Å²) in [6.07, 6.45) is 0. The third kappa shape index (κ3) is 5.33. The zero-order chi connectivity index (χ0) is 19.8. The van der Waals surface area contributed by atoms with Gasteiger partial charge in [-0.05, 0) is 30.3 Å². The van der Waals surface area contributed by atoms with Crippen LogP contribution in [0.3, 0.4) is 0 Å². The van der Waals surface area contributed by atoms with Crippen LogP contribution in [0.5, 0.6) is 5.75 Å². The van der Waals surface area contributed by atoms with Gasteiger partial charge in [-0.1, -0.05) is 0 Å². The molecule has 142 valence electrons. The number of hydrogen-bond acceptors (Lipinski definition) is 7. The van der Waals surface area contributed by atoms with Crippen molar-refractivity contribution < 1.29 is 19.2 Å². The maximum Gasteiger partial charge on any atom is 0.272 e. The summed E-state index contributed by atoms with van der Waals surface area (Å²) in [5.74, 6) is -0.481. The number of hydrazine groups is 1. The Morgan fingerprint density at radius 1 is 1.11 bits per heavy atom. The Morgan fingerprint density at radius 3 is 2.41 bits per heavy atom. The maximum absolute atomic E-state index is 12.2. The van der Waals surface area contributed by atoms with E-state index >= 15 is 0 Å². The topological polar surface area (TPSA) is 135 Å². The Kier molecular flexibility index (Phi) is 6.53. The Bertz CT molecular complexity index is 838. The molecule has 0 fully saturated rings. The summed E-state index contributed by atoms with van der Waals surface area (Å²) in [5, 5.41) is 16.5. The molecule has 10 heteroatoms. The summed E-state index contributed by atoms with van der Waals surface area (Å²) >= 11 is 0. The van der Waals surface area contributed by atoms with Crippen LogP contribution in [0, 0.1) is 10.1 Å². The molecule has 0 radical (unpaired) electrons. The van der Waals surface area contributed by atoms with E-state index in [9.17, 15) is 19.7 Å². The third-order valence-electron chi connectivity index (χ3n) is 3.59. The smallest absolute Gasteiger partial charge is 0.272 e. The van der Waals surface area contributed by atoms with Gasteiger partial charge >= 0.3 is 0 Å². The molecule has 0 aliphatic heterocycles. The second-order valence-corrected chi connectivity index (χ2v) is 5.32. The second-order valence-electron chi connectivity index (χ2n) is 5.32. The molecule has 2 aromatic carbocycles. The lowest BCUT2D eigenvalue weighted by Crippen LogP contribution is -2.44. The maximum atomic E-state index is 12.2. The number of methoxy groups -OCH3 is 1. The van der Waals surface area contributed by atoms with Gasteiger partial charge in [0.05, 0.1) is 24.1 Å². The van der Waals surface area contributed by atoms with Gasteiger partial charge in [0.1, 0.15) is 5.75 Å². The molecule has 27 heavy (non-hydrogen) atoms.